The second-order valence-corrected chi connectivity index (χ2v) is 5.39. The van der Waals surface area contributed by atoms with Gasteiger partial charge in [0.1, 0.15) is 0 Å². The van der Waals surface area contributed by atoms with Gasteiger partial charge in [-0.3, -0.25) is 0 Å². The summed E-state index contributed by atoms with van der Waals surface area (Å²) in [4.78, 5) is 1.27. The van der Waals surface area contributed by atoms with E-state index in [0.717, 1.165) is 37.2 Å². The zero-order valence-corrected chi connectivity index (χ0v) is 10.2. The highest BCUT2D eigenvalue weighted by Gasteiger charge is 2.15. The van der Waals surface area contributed by atoms with E-state index in [4.69, 9.17) is 10.00 Å². The Morgan fingerprint density at radius 3 is 2.75 bits per heavy atom. The summed E-state index contributed by atoms with van der Waals surface area (Å²) in [6.45, 7) is 3.76. The molecule has 0 saturated carbocycles. The highest BCUT2D eigenvalue weighted by atomic mass is 32.2. The molecule has 16 heavy (non-hydrogen) atoms. The van der Waals surface area contributed by atoms with Crippen molar-refractivity contribution in [3.63, 3.8) is 0 Å². The normalized spacial score (nSPS) is 17.0. The Balaban J connectivity index is 2.04. The van der Waals surface area contributed by atoms with E-state index >= 15 is 0 Å². The van der Waals surface area contributed by atoms with Crippen LogP contribution < -0.4 is 0 Å². The van der Waals surface area contributed by atoms with E-state index in [2.05, 4.69) is 12.1 Å². The third kappa shape index (κ3) is 2.78. The number of rotatable bonds is 2. The van der Waals surface area contributed by atoms with Crippen molar-refractivity contribution < 1.29 is 4.74 Å². The molecular weight excluding hydrogens is 218 g/mol. The second kappa shape index (κ2) is 5.38. The molecule has 0 unspecified atom stereocenters. The smallest absolute Gasteiger partial charge is 0.0994 e. The van der Waals surface area contributed by atoms with E-state index in [1.165, 1.54) is 4.90 Å². The van der Waals surface area contributed by atoms with Crippen molar-refractivity contribution in [2.45, 2.75) is 29.9 Å². The number of thioether (sulfide) groups is 1. The van der Waals surface area contributed by atoms with Crippen LogP contribution in [0.1, 0.15) is 24.0 Å². The first-order valence-corrected chi connectivity index (χ1v) is 6.42. The Morgan fingerprint density at radius 1 is 1.38 bits per heavy atom. The van der Waals surface area contributed by atoms with Crippen LogP contribution in [0.4, 0.5) is 0 Å². The molecule has 2 rings (SSSR count). The van der Waals surface area contributed by atoms with Gasteiger partial charge in [0.2, 0.25) is 0 Å². The lowest BCUT2D eigenvalue weighted by molar-refractivity contribution is 0.100. The third-order valence-corrected chi connectivity index (χ3v) is 4.12. The van der Waals surface area contributed by atoms with Gasteiger partial charge in [-0.05, 0) is 43.5 Å². The monoisotopic (exact) mass is 233 g/mol. The van der Waals surface area contributed by atoms with Crippen LogP contribution in [0.25, 0.3) is 0 Å². The number of nitrogens with zero attached hydrogens (tertiary/aromatic N) is 1. The predicted molar refractivity (Wildman–Crippen MR) is 65.6 cm³/mol. The van der Waals surface area contributed by atoms with Gasteiger partial charge in [0, 0.05) is 23.4 Å². The van der Waals surface area contributed by atoms with Gasteiger partial charge in [0.25, 0.3) is 0 Å². The number of nitriles is 1. The Bertz CT molecular complexity index is 405. The van der Waals surface area contributed by atoms with Crippen molar-refractivity contribution in [3.8, 4) is 6.07 Å². The minimum absolute atomic E-state index is 0.668. The minimum Gasteiger partial charge on any atom is -0.381 e. The van der Waals surface area contributed by atoms with Crippen LogP contribution >= 0.6 is 11.8 Å². The average Bonchev–Trinajstić information content (AvgIpc) is 2.31. The number of aryl methyl sites for hydroxylation is 1. The summed E-state index contributed by atoms with van der Waals surface area (Å²) in [5.41, 5.74) is 1.84. The Hall–Kier alpha value is -0.980. The molecule has 1 aliphatic heterocycles. The van der Waals surface area contributed by atoms with Crippen molar-refractivity contribution in [2.24, 2.45) is 0 Å². The van der Waals surface area contributed by atoms with E-state index < -0.39 is 0 Å². The van der Waals surface area contributed by atoms with Gasteiger partial charge < -0.3 is 4.74 Å². The van der Waals surface area contributed by atoms with Gasteiger partial charge in [-0.25, -0.2) is 0 Å². The van der Waals surface area contributed by atoms with Crippen LogP contribution in [-0.2, 0) is 4.74 Å². The first-order valence-electron chi connectivity index (χ1n) is 5.55. The Morgan fingerprint density at radius 2 is 2.12 bits per heavy atom. The zero-order chi connectivity index (χ0) is 11.4. The van der Waals surface area contributed by atoms with Gasteiger partial charge in [-0.15, -0.1) is 11.8 Å². The summed E-state index contributed by atoms with van der Waals surface area (Å²) in [6.07, 6.45) is 2.26. The SMILES string of the molecule is Cc1cc(SC2CCOCC2)ccc1C#N. The van der Waals surface area contributed by atoms with Gasteiger partial charge >= 0.3 is 0 Å². The largest absolute Gasteiger partial charge is 0.381 e. The fraction of sp³-hybridized carbons (Fsp3) is 0.462. The number of ether oxygens (including phenoxy) is 1. The summed E-state index contributed by atoms with van der Waals surface area (Å²) >= 11 is 1.91. The Labute approximate surface area is 101 Å². The Kier molecular flexibility index (Phi) is 3.87. The van der Waals surface area contributed by atoms with Crippen LogP contribution in [0.2, 0.25) is 0 Å². The molecule has 0 radical (unpaired) electrons. The molecule has 3 heteroatoms. The lowest BCUT2D eigenvalue weighted by Gasteiger charge is -2.21. The molecule has 1 fully saturated rings. The molecule has 1 aromatic rings. The van der Waals surface area contributed by atoms with E-state index in [1.54, 1.807) is 0 Å². The minimum atomic E-state index is 0.668. The highest BCUT2D eigenvalue weighted by Crippen LogP contribution is 2.30. The fourth-order valence-corrected chi connectivity index (χ4v) is 3.03. The van der Waals surface area contributed by atoms with E-state index in [1.807, 2.05) is 30.8 Å². The predicted octanol–water partition coefficient (Wildman–Crippen LogP) is 3.14. The number of hydrogen-bond donors (Lipinski definition) is 0. The summed E-state index contributed by atoms with van der Waals surface area (Å²) in [7, 11) is 0. The first kappa shape index (κ1) is 11.5. The van der Waals surface area contributed by atoms with Crippen molar-refractivity contribution >= 4 is 11.8 Å². The summed E-state index contributed by atoms with van der Waals surface area (Å²) in [5.74, 6) is 0. The first-order chi connectivity index (χ1) is 7.79. The maximum atomic E-state index is 8.86. The molecule has 0 aromatic heterocycles. The van der Waals surface area contributed by atoms with Gasteiger partial charge in [-0.1, -0.05) is 0 Å². The molecule has 2 nitrogen and oxygen atoms in total. The number of benzene rings is 1. The highest BCUT2D eigenvalue weighted by molar-refractivity contribution is 8.00. The quantitative estimate of drug-likeness (QED) is 0.786. The van der Waals surface area contributed by atoms with Crippen LogP contribution in [0.15, 0.2) is 23.1 Å². The average molecular weight is 233 g/mol. The summed E-state index contributed by atoms with van der Waals surface area (Å²) in [5, 5.41) is 9.53. The standard InChI is InChI=1S/C13H15NOS/c1-10-8-13(3-2-11(10)9-14)16-12-4-6-15-7-5-12/h2-3,8,12H,4-7H2,1H3. The molecule has 0 bridgehead atoms. The molecule has 1 aromatic carbocycles. The zero-order valence-electron chi connectivity index (χ0n) is 9.40. The maximum Gasteiger partial charge on any atom is 0.0994 e. The molecular formula is C13H15NOS. The fourth-order valence-electron chi connectivity index (χ4n) is 1.82. The molecule has 0 N–H and O–H groups in total. The molecule has 0 amide bonds. The van der Waals surface area contributed by atoms with Crippen LogP contribution in [0.5, 0.6) is 0 Å². The van der Waals surface area contributed by atoms with Crippen LogP contribution in [0.3, 0.4) is 0 Å². The maximum absolute atomic E-state index is 8.86. The van der Waals surface area contributed by atoms with Gasteiger partial charge in [-0.2, -0.15) is 5.26 Å². The molecule has 0 atom stereocenters. The topological polar surface area (TPSA) is 33.0 Å². The van der Waals surface area contributed by atoms with E-state index in [9.17, 15) is 0 Å². The molecule has 1 heterocycles. The summed E-state index contributed by atoms with van der Waals surface area (Å²) in [6, 6.07) is 8.27. The second-order valence-electron chi connectivity index (χ2n) is 4.02. The third-order valence-electron chi connectivity index (χ3n) is 2.79. The van der Waals surface area contributed by atoms with Crippen molar-refractivity contribution in [1.82, 2.24) is 0 Å². The molecule has 0 spiro atoms. The van der Waals surface area contributed by atoms with Gasteiger partial charge in [0.15, 0.2) is 0 Å². The van der Waals surface area contributed by atoms with Gasteiger partial charge in [0.05, 0.1) is 11.6 Å². The van der Waals surface area contributed by atoms with Crippen molar-refractivity contribution in [3.05, 3.63) is 29.3 Å². The van der Waals surface area contributed by atoms with E-state index in [-0.39, 0.29) is 0 Å². The van der Waals surface area contributed by atoms with Crippen LogP contribution in [-0.4, -0.2) is 18.5 Å². The molecule has 84 valence electrons. The number of hydrogen-bond acceptors (Lipinski definition) is 3. The van der Waals surface area contributed by atoms with Crippen LogP contribution in [0, 0.1) is 18.3 Å². The van der Waals surface area contributed by atoms with E-state index in [0.29, 0.717) is 5.25 Å². The lowest BCUT2D eigenvalue weighted by atomic mass is 10.1. The van der Waals surface area contributed by atoms with Crippen molar-refractivity contribution in [1.29, 1.82) is 5.26 Å². The summed E-state index contributed by atoms with van der Waals surface area (Å²) < 4.78 is 5.34. The van der Waals surface area contributed by atoms with Crippen molar-refractivity contribution in [2.75, 3.05) is 13.2 Å². The molecule has 1 aliphatic rings. The molecule has 0 aliphatic carbocycles. The molecule has 1 saturated heterocycles. The lowest BCUT2D eigenvalue weighted by Crippen LogP contribution is -2.17.